The Morgan fingerprint density at radius 2 is 1.90 bits per heavy atom. The first-order valence-electron chi connectivity index (χ1n) is 8.21. The average Bonchev–Trinajstić information content (AvgIpc) is 2.90. The summed E-state index contributed by atoms with van der Waals surface area (Å²) in [7, 11) is 0. The summed E-state index contributed by atoms with van der Waals surface area (Å²) in [5.74, 6) is -0.0270. The minimum Gasteiger partial charge on any atom is -0.342 e. The van der Waals surface area contributed by atoms with Crippen LogP contribution >= 0.6 is 0 Å². The molecule has 6 nitrogen and oxygen atoms in total. The maximum atomic E-state index is 12.0. The Balaban J connectivity index is 1.73. The lowest BCUT2D eigenvalue weighted by atomic mass is 9.99. The van der Waals surface area contributed by atoms with Crippen molar-refractivity contribution in [3.05, 3.63) is 0 Å². The lowest BCUT2D eigenvalue weighted by Gasteiger charge is -2.32. The molecular formula is C15H28N4O2. The van der Waals surface area contributed by atoms with E-state index >= 15 is 0 Å². The Labute approximate surface area is 127 Å². The molecule has 0 aliphatic carbocycles. The summed E-state index contributed by atoms with van der Waals surface area (Å²) in [5.41, 5.74) is 0. The van der Waals surface area contributed by atoms with Gasteiger partial charge in [0.2, 0.25) is 5.91 Å². The molecule has 2 unspecified atom stereocenters. The number of nitrogens with one attached hydrogen (secondary N) is 2. The van der Waals surface area contributed by atoms with E-state index in [-0.39, 0.29) is 24.5 Å². The molecule has 0 aromatic heterocycles. The van der Waals surface area contributed by atoms with Crippen LogP contribution in [0.1, 0.15) is 39.5 Å². The zero-order valence-corrected chi connectivity index (χ0v) is 13.2. The molecule has 0 spiro atoms. The third kappa shape index (κ3) is 4.09. The molecule has 2 aliphatic heterocycles. The SMILES string of the molecule is CCN(CC)C(=O)CNC(=O)NC1CCN2CCCCC12. The van der Waals surface area contributed by atoms with Gasteiger partial charge in [0.05, 0.1) is 6.54 Å². The fourth-order valence-corrected chi connectivity index (χ4v) is 3.48. The van der Waals surface area contributed by atoms with Crippen LogP contribution in [0.15, 0.2) is 0 Å². The Hall–Kier alpha value is -1.30. The van der Waals surface area contributed by atoms with Gasteiger partial charge in [0.1, 0.15) is 0 Å². The van der Waals surface area contributed by atoms with E-state index in [1.165, 1.54) is 19.3 Å². The van der Waals surface area contributed by atoms with Crippen molar-refractivity contribution in [1.29, 1.82) is 0 Å². The van der Waals surface area contributed by atoms with Crippen LogP contribution in [0.2, 0.25) is 0 Å². The quantitative estimate of drug-likeness (QED) is 0.788. The summed E-state index contributed by atoms with van der Waals surface area (Å²) < 4.78 is 0. The molecule has 2 fully saturated rings. The van der Waals surface area contributed by atoms with Gasteiger partial charge in [0.15, 0.2) is 0 Å². The number of fused-ring (bicyclic) bond motifs is 1. The van der Waals surface area contributed by atoms with Crippen LogP contribution in [0.25, 0.3) is 0 Å². The number of rotatable bonds is 5. The molecule has 0 aromatic rings. The van der Waals surface area contributed by atoms with Gasteiger partial charge >= 0.3 is 6.03 Å². The van der Waals surface area contributed by atoms with Crippen LogP contribution in [0.5, 0.6) is 0 Å². The molecule has 0 aromatic carbocycles. The first kappa shape index (κ1) is 16.1. The van der Waals surface area contributed by atoms with Gasteiger partial charge in [-0.25, -0.2) is 4.79 Å². The molecule has 2 saturated heterocycles. The fraction of sp³-hybridized carbons (Fsp3) is 0.867. The molecule has 2 atom stereocenters. The highest BCUT2D eigenvalue weighted by molar-refractivity contribution is 5.84. The van der Waals surface area contributed by atoms with Crippen molar-refractivity contribution in [3.8, 4) is 0 Å². The van der Waals surface area contributed by atoms with E-state index in [9.17, 15) is 9.59 Å². The Morgan fingerprint density at radius 1 is 1.14 bits per heavy atom. The molecule has 2 rings (SSSR count). The fourth-order valence-electron chi connectivity index (χ4n) is 3.48. The third-order valence-corrected chi connectivity index (χ3v) is 4.69. The zero-order valence-electron chi connectivity index (χ0n) is 13.2. The molecular weight excluding hydrogens is 268 g/mol. The summed E-state index contributed by atoms with van der Waals surface area (Å²) in [6.45, 7) is 7.55. The van der Waals surface area contributed by atoms with Gasteiger partial charge in [-0.05, 0) is 39.7 Å². The number of likely N-dealkylation sites (N-methyl/N-ethyl adjacent to an activating group) is 1. The number of urea groups is 1. The van der Waals surface area contributed by atoms with Gasteiger partial charge < -0.3 is 15.5 Å². The molecule has 6 heteroatoms. The molecule has 0 radical (unpaired) electrons. The Morgan fingerprint density at radius 3 is 2.62 bits per heavy atom. The van der Waals surface area contributed by atoms with Crippen molar-refractivity contribution in [1.82, 2.24) is 20.4 Å². The van der Waals surface area contributed by atoms with Crippen molar-refractivity contribution >= 4 is 11.9 Å². The molecule has 0 bridgehead atoms. The average molecular weight is 296 g/mol. The third-order valence-electron chi connectivity index (χ3n) is 4.69. The predicted molar refractivity (Wildman–Crippen MR) is 82.1 cm³/mol. The highest BCUT2D eigenvalue weighted by Crippen LogP contribution is 2.26. The second-order valence-corrected chi connectivity index (χ2v) is 5.89. The van der Waals surface area contributed by atoms with Crippen LogP contribution in [-0.4, -0.2) is 66.5 Å². The summed E-state index contributed by atoms with van der Waals surface area (Å²) >= 11 is 0. The van der Waals surface area contributed by atoms with Gasteiger partial charge in [-0.15, -0.1) is 0 Å². The maximum absolute atomic E-state index is 12.0. The van der Waals surface area contributed by atoms with E-state index in [0.717, 1.165) is 19.5 Å². The summed E-state index contributed by atoms with van der Waals surface area (Å²) in [5, 5.41) is 5.74. The first-order valence-corrected chi connectivity index (χ1v) is 8.21. The summed E-state index contributed by atoms with van der Waals surface area (Å²) in [6.07, 6.45) is 4.71. The summed E-state index contributed by atoms with van der Waals surface area (Å²) in [4.78, 5) is 28.0. The van der Waals surface area contributed by atoms with E-state index in [1.54, 1.807) is 4.90 Å². The largest absolute Gasteiger partial charge is 0.342 e. The minimum atomic E-state index is -0.215. The van der Waals surface area contributed by atoms with Gasteiger partial charge in [-0.2, -0.15) is 0 Å². The highest BCUT2D eigenvalue weighted by Gasteiger charge is 2.36. The Kier molecular flexibility index (Phi) is 5.85. The lowest BCUT2D eigenvalue weighted by Crippen LogP contribution is -2.51. The standard InChI is InChI=1S/C15H28N4O2/c1-3-18(4-2)14(20)11-16-15(21)17-12-8-10-19-9-6-5-7-13(12)19/h12-13H,3-11H2,1-2H3,(H2,16,17,21). The number of hydrogen-bond acceptors (Lipinski definition) is 3. The smallest absolute Gasteiger partial charge is 0.315 e. The monoisotopic (exact) mass is 296 g/mol. The molecule has 2 aliphatic rings. The normalized spacial score (nSPS) is 25.2. The van der Waals surface area contributed by atoms with Crippen LogP contribution in [0, 0.1) is 0 Å². The second-order valence-electron chi connectivity index (χ2n) is 5.89. The molecule has 2 heterocycles. The number of carbonyl (C=O) groups excluding carboxylic acids is 2. The van der Waals surface area contributed by atoms with Gasteiger partial charge in [-0.1, -0.05) is 6.42 Å². The zero-order chi connectivity index (χ0) is 15.2. The van der Waals surface area contributed by atoms with E-state index < -0.39 is 0 Å². The second kappa shape index (κ2) is 7.64. The number of hydrogen-bond donors (Lipinski definition) is 2. The Bertz CT molecular complexity index is 371. The molecule has 21 heavy (non-hydrogen) atoms. The predicted octanol–water partition coefficient (Wildman–Crippen LogP) is 0.781. The molecule has 2 N–H and O–H groups in total. The van der Waals surface area contributed by atoms with E-state index in [1.807, 2.05) is 13.8 Å². The lowest BCUT2D eigenvalue weighted by molar-refractivity contribution is -0.129. The van der Waals surface area contributed by atoms with Crippen molar-refractivity contribution in [2.45, 2.75) is 51.6 Å². The molecule has 3 amide bonds. The van der Waals surface area contributed by atoms with Gasteiger partial charge in [-0.3, -0.25) is 9.69 Å². The molecule has 120 valence electrons. The minimum absolute atomic E-state index is 0.0270. The number of piperidine rings is 1. The highest BCUT2D eigenvalue weighted by atomic mass is 16.2. The van der Waals surface area contributed by atoms with Gasteiger partial charge in [0.25, 0.3) is 0 Å². The molecule has 0 saturated carbocycles. The van der Waals surface area contributed by atoms with E-state index in [2.05, 4.69) is 15.5 Å². The maximum Gasteiger partial charge on any atom is 0.315 e. The van der Waals surface area contributed by atoms with Crippen LogP contribution in [-0.2, 0) is 4.79 Å². The number of nitrogens with zero attached hydrogens (tertiary/aromatic N) is 2. The topological polar surface area (TPSA) is 64.7 Å². The van der Waals surface area contributed by atoms with E-state index in [0.29, 0.717) is 19.1 Å². The van der Waals surface area contributed by atoms with Crippen LogP contribution < -0.4 is 10.6 Å². The first-order chi connectivity index (χ1) is 10.2. The van der Waals surface area contributed by atoms with Crippen LogP contribution in [0.4, 0.5) is 4.79 Å². The van der Waals surface area contributed by atoms with Crippen molar-refractivity contribution in [2.75, 3.05) is 32.7 Å². The van der Waals surface area contributed by atoms with E-state index in [4.69, 9.17) is 0 Å². The van der Waals surface area contributed by atoms with Crippen molar-refractivity contribution < 1.29 is 9.59 Å². The number of carbonyl (C=O) groups is 2. The number of amides is 3. The van der Waals surface area contributed by atoms with Gasteiger partial charge in [0, 0.05) is 31.7 Å². The van der Waals surface area contributed by atoms with Crippen molar-refractivity contribution in [3.63, 3.8) is 0 Å². The summed E-state index contributed by atoms with van der Waals surface area (Å²) in [6, 6.07) is 0.504. The van der Waals surface area contributed by atoms with Crippen LogP contribution in [0.3, 0.4) is 0 Å². The van der Waals surface area contributed by atoms with Crippen molar-refractivity contribution in [2.24, 2.45) is 0 Å².